The number of carbonyl (C=O) groups is 1. The van der Waals surface area contributed by atoms with E-state index < -0.39 is 26.2 Å². The quantitative estimate of drug-likeness (QED) is 0.675. The maximum absolute atomic E-state index is 12.0. The van der Waals surface area contributed by atoms with E-state index in [0.29, 0.717) is 6.42 Å². The highest BCUT2D eigenvalue weighted by atomic mass is 32.2. The van der Waals surface area contributed by atoms with Gasteiger partial charge in [0.1, 0.15) is 4.75 Å². The van der Waals surface area contributed by atoms with Gasteiger partial charge in [-0.25, -0.2) is 8.42 Å². The summed E-state index contributed by atoms with van der Waals surface area (Å²) >= 11 is 0. The zero-order chi connectivity index (χ0) is 12.2. The van der Waals surface area contributed by atoms with Gasteiger partial charge in [-0.2, -0.15) is 0 Å². The summed E-state index contributed by atoms with van der Waals surface area (Å²) in [6.07, 6.45) is 3.28. The van der Waals surface area contributed by atoms with E-state index in [1.54, 1.807) is 0 Å². The van der Waals surface area contributed by atoms with Crippen LogP contribution in [-0.4, -0.2) is 24.6 Å². The second-order valence-electron chi connectivity index (χ2n) is 4.90. The predicted molar refractivity (Wildman–Crippen MR) is 59.9 cm³/mol. The number of nitrogens with one attached hydrogen (secondary N) is 1. The van der Waals surface area contributed by atoms with Crippen LogP contribution in [0.2, 0.25) is 0 Å². The Morgan fingerprint density at radius 1 is 1.56 bits per heavy atom. The lowest BCUT2D eigenvalue weighted by Gasteiger charge is -2.16. The second-order valence-corrected chi connectivity index (χ2v) is 7.01. The third-order valence-corrected chi connectivity index (χ3v) is 5.81. The first-order valence-electron chi connectivity index (χ1n) is 5.24. The molecule has 0 radical (unpaired) electrons. The van der Waals surface area contributed by atoms with Gasteiger partial charge in [0, 0.05) is 5.92 Å². The van der Waals surface area contributed by atoms with Gasteiger partial charge in [-0.05, 0) is 26.2 Å². The van der Waals surface area contributed by atoms with E-state index in [-0.39, 0.29) is 5.92 Å². The van der Waals surface area contributed by atoms with E-state index in [4.69, 9.17) is 5.73 Å². The van der Waals surface area contributed by atoms with Crippen molar-refractivity contribution in [2.24, 2.45) is 11.7 Å². The van der Waals surface area contributed by atoms with E-state index in [1.165, 1.54) is 13.0 Å². The van der Waals surface area contributed by atoms with Crippen LogP contribution < -0.4 is 10.5 Å². The molecule has 6 heteroatoms. The Morgan fingerprint density at radius 2 is 2.12 bits per heavy atom. The summed E-state index contributed by atoms with van der Waals surface area (Å²) in [6, 6.07) is 0. The number of nitrogens with two attached hydrogens (primary N) is 1. The standard InChI is InChI=1S/C10H16N2O3S/c1-3-10(11)6-9(10,2)16(14,15)12-8(13)7-4-5-7/h3,7H,1,4-6,11H2,2H3,(H,12,13). The van der Waals surface area contributed by atoms with Crippen LogP contribution in [0, 0.1) is 5.92 Å². The van der Waals surface area contributed by atoms with Crippen molar-refractivity contribution in [3.05, 3.63) is 12.7 Å². The SMILES string of the molecule is C=CC1(N)CC1(C)S(=O)(=O)NC(=O)C1CC1. The average Bonchev–Trinajstić information content (AvgIpc) is 3.03. The maximum Gasteiger partial charge on any atom is 0.242 e. The Kier molecular flexibility index (Phi) is 2.23. The predicted octanol–water partition coefficient (Wildman–Crippen LogP) is -0.112. The van der Waals surface area contributed by atoms with Crippen molar-refractivity contribution >= 4 is 15.9 Å². The number of hydrogen-bond acceptors (Lipinski definition) is 4. The Bertz CT molecular complexity index is 455. The van der Waals surface area contributed by atoms with Gasteiger partial charge >= 0.3 is 0 Å². The summed E-state index contributed by atoms with van der Waals surface area (Å²) in [5.41, 5.74) is 4.92. The van der Waals surface area contributed by atoms with Gasteiger partial charge in [-0.1, -0.05) is 6.08 Å². The highest BCUT2D eigenvalue weighted by molar-refractivity contribution is 7.91. The van der Waals surface area contributed by atoms with Gasteiger partial charge in [0.05, 0.1) is 5.54 Å². The van der Waals surface area contributed by atoms with Crippen LogP contribution in [0.5, 0.6) is 0 Å². The molecule has 0 aromatic heterocycles. The van der Waals surface area contributed by atoms with Crippen molar-refractivity contribution in [1.29, 1.82) is 0 Å². The highest BCUT2D eigenvalue weighted by Crippen LogP contribution is 2.52. The molecule has 2 aliphatic carbocycles. The number of rotatable bonds is 4. The first kappa shape index (κ1) is 11.6. The van der Waals surface area contributed by atoms with E-state index >= 15 is 0 Å². The van der Waals surface area contributed by atoms with Crippen molar-refractivity contribution < 1.29 is 13.2 Å². The zero-order valence-corrected chi connectivity index (χ0v) is 10.0. The topological polar surface area (TPSA) is 89.3 Å². The third-order valence-electron chi connectivity index (χ3n) is 3.63. The molecule has 0 heterocycles. The largest absolute Gasteiger partial charge is 0.320 e. The van der Waals surface area contributed by atoms with Gasteiger partial charge in [-0.3, -0.25) is 9.52 Å². The molecule has 0 aromatic carbocycles. The molecule has 0 spiro atoms. The molecule has 2 saturated carbocycles. The third kappa shape index (κ3) is 1.48. The van der Waals surface area contributed by atoms with E-state index in [0.717, 1.165) is 12.8 Å². The Hall–Kier alpha value is -0.880. The molecule has 5 nitrogen and oxygen atoms in total. The summed E-state index contributed by atoms with van der Waals surface area (Å²) in [7, 11) is -3.71. The smallest absolute Gasteiger partial charge is 0.242 e. The molecule has 0 bridgehead atoms. The van der Waals surface area contributed by atoms with Crippen molar-refractivity contribution in [3.8, 4) is 0 Å². The number of hydrogen-bond donors (Lipinski definition) is 2. The molecular weight excluding hydrogens is 228 g/mol. The maximum atomic E-state index is 12.0. The van der Waals surface area contributed by atoms with Crippen molar-refractivity contribution in [1.82, 2.24) is 4.72 Å². The second kappa shape index (κ2) is 3.07. The Balaban J connectivity index is 2.14. The minimum absolute atomic E-state index is 0.131. The number of amides is 1. The van der Waals surface area contributed by atoms with Crippen molar-refractivity contribution in [2.75, 3.05) is 0 Å². The lowest BCUT2D eigenvalue weighted by molar-refractivity contribution is -0.120. The lowest BCUT2D eigenvalue weighted by Crippen LogP contribution is -2.45. The van der Waals surface area contributed by atoms with Crippen LogP contribution in [0.3, 0.4) is 0 Å². The Labute approximate surface area is 95.1 Å². The molecule has 2 aliphatic rings. The monoisotopic (exact) mass is 244 g/mol. The van der Waals surface area contributed by atoms with Gasteiger partial charge in [0.2, 0.25) is 15.9 Å². The number of carbonyl (C=O) groups excluding carboxylic acids is 1. The molecule has 0 aromatic rings. The zero-order valence-electron chi connectivity index (χ0n) is 9.19. The molecule has 2 unspecified atom stereocenters. The highest BCUT2D eigenvalue weighted by Gasteiger charge is 2.69. The summed E-state index contributed by atoms with van der Waals surface area (Å²) in [4.78, 5) is 11.4. The fourth-order valence-corrected chi connectivity index (χ4v) is 3.49. The van der Waals surface area contributed by atoms with Crippen LogP contribution in [0.15, 0.2) is 12.7 Å². The molecule has 2 fully saturated rings. The molecular formula is C10H16N2O3S. The van der Waals surface area contributed by atoms with Crippen LogP contribution in [-0.2, 0) is 14.8 Å². The first-order valence-corrected chi connectivity index (χ1v) is 6.73. The van der Waals surface area contributed by atoms with Gasteiger partial charge < -0.3 is 5.73 Å². The van der Waals surface area contributed by atoms with Crippen LogP contribution in [0.25, 0.3) is 0 Å². The van der Waals surface area contributed by atoms with Gasteiger partial charge in [0.15, 0.2) is 0 Å². The minimum atomic E-state index is -3.71. The lowest BCUT2D eigenvalue weighted by atomic mass is 10.2. The van der Waals surface area contributed by atoms with Crippen molar-refractivity contribution in [3.63, 3.8) is 0 Å². The fraction of sp³-hybridized carbons (Fsp3) is 0.700. The fourth-order valence-electron chi connectivity index (χ4n) is 1.82. The summed E-state index contributed by atoms with van der Waals surface area (Å²) in [5, 5.41) is 0. The van der Waals surface area contributed by atoms with E-state index in [2.05, 4.69) is 11.3 Å². The molecule has 0 aliphatic heterocycles. The molecule has 90 valence electrons. The van der Waals surface area contributed by atoms with Gasteiger partial charge in [0.25, 0.3) is 0 Å². The summed E-state index contributed by atoms with van der Waals surface area (Å²) in [6.45, 7) is 5.07. The van der Waals surface area contributed by atoms with Gasteiger partial charge in [-0.15, -0.1) is 6.58 Å². The van der Waals surface area contributed by atoms with Crippen LogP contribution >= 0.6 is 0 Å². The minimum Gasteiger partial charge on any atom is -0.320 e. The van der Waals surface area contributed by atoms with Crippen LogP contribution in [0.1, 0.15) is 26.2 Å². The van der Waals surface area contributed by atoms with Crippen LogP contribution in [0.4, 0.5) is 0 Å². The molecule has 16 heavy (non-hydrogen) atoms. The normalized spacial score (nSPS) is 37.9. The molecule has 1 amide bonds. The van der Waals surface area contributed by atoms with E-state index in [9.17, 15) is 13.2 Å². The molecule has 2 rings (SSSR count). The molecule has 3 N–H and O–H groups in total. The average molecular weight is 244 g/mol. The first-order chi connectivity index (χ1) is 7.26. The molecule has 0 saturated heterocycles. The summed E-state index contributed by atoms with van der Waals surface area (Å²) in [5.74, 6) is -0.535. The summed E-state index contributed by atoms with van der Waals surface area (Å²) < 4.78 is 25.0. The number of sulfonamides is 1. The van der Waals surface area contributed by atoms with E-state index in [1.807, 2.05) is 0 Å². The molecule has 2 atom stereocenters. The Morgan fingerprint density at radius 3 is 2.50 bits per heavy atom. The van der Waals surface area contributed by atoms with Crippen molar-refractivity contribution in [2.45, 2.75) is 36.5 Å².